The zero-order chi connectivity index (χ0) is 16.0. The Bertz CT molecular complexity index is 619. The molecule has 0 saturated heterocycles. The molecule has 1 fully saturated rings. The predicted octanol–water partition coefficient (Wildman–Crippen LogP) is 1.53. The van der Waals surface area contributed by atoms with Gasteiger partial charge in [0.1, 0.15) is 5.54 Å². The molecule has 1 N–H and O–H groups in total. The van der Waals surface area contributed by atoms with Gasteiger partial charge in [0, 0.05) is 25.0 Å². The molecule has 0 unspecified atom stereocenters. The zero-order valence-corrected chi connectivity index (χ0v) is 12.5. The van der Waals surface area contributed by atoms with Gasteiger partial charge in [-0.15, -0.1) is 0 Å². The average molecular weight is 301 g/mol. The van der Waals surface area contributed by atoms with E-state index in [1.165, 1.54) is 6.08 Å². The van der Waals surface area contributed by atoms with Crippen molar-refractivity contribution in [2.75, 3.05) is 6.61 Å². The van der Waals surface area contributed by atoms with Gasteiger partial charge in [-0.1, -0.05) is 0 Å². The van der Waals surface area contributed by atoms with Crippen molar-refractivity contribution in [1.82, 2.24) is 9.88 Å². The van der Waals surface area contributed by atoms with Crippen LogP contribution in [0.2, 0.25) is 0 Å². The molecular weight excluding hydrogens is 282 g/mol. The number of aryl methyl sites for hydroxylation is 1. The molecule has 116 valence electrons. The summed E-state index contributed by atoms with van der Waals surface area (Å²) in [5.41, 5.74) is 0.0679. The van der Waals surface area contributed by atoms with E-state index in [2.05, 4.69) is 11.4 Å². The van der Waals surface area contributed by atoms with Gasteiger partial charge in [0.05, 0.1) is 6.07 Å². The van der Waals surface area contributed by atoms with E-state index in [0.717, 1.165) is 18.5 Å². The molecule has 1 amide bonds. The Morgan fingerprint density at radius 3 is 2.82 bits per heavy atom. The summed E-state index contributed by atoms with van der Waals surface area (Å²) in [4.78, 5) is 23.4. The minimum absolute atomic E-state index is 0.375. The Morgan fingerprint density at radius 1 is 1.50 bits per heavy atom. The normalized spacial score (nSPS) is 16.4. The van der Waals surface area contributed by atoms with Crippen LogP contribution in [-0.4, -0.2) is 28.6 Å². The fraction of sp³-hybridized carbons (Fsp3) is 0.438. The summed E-state index contributed by atoms with van der Waals surface area (Å²) >= 11 is 0. The number of carbonyl (C=O) groups excluding carboxylic acids is 2. The highest BCUT2D eigenvalue weighted by Crippen LogP contribution is 2.28. The third kappa shape index (κ3) is 3.98. The minimum Gasteiger partial charge on any atom is -0.452 e. The van der Waals surface area contributed by atoms with Crippen molar-refractivity contribution in [1.29, 1.82) is 5.26 Å². The third-order valence-corrected chi connectivity index (χ3v) is 3.77. The number of hydrogen-bond acceptors (Lipinski definition) is 4. The standard InChI is InChI=1S/C16H19N3O3/c1-19-10-4-5-13(19)6-7-15(21)22-11-14(20)18-16(12-17)8-2-3-9-16/h4-7,10H,2-3,8-9,11H2,1H3,(H,18,20)/b7-6+. The summed E-state index contributed by atoms with van der Waals surface area (Å²) in [6.07, 6.45) is 7.90. The SMILES string of the molecule is Cn1cccc1/C=C/C(=O)OCC(=O)NC1(C#N)CCCC1. The zero-order valence-electron chi connectivity index (χ0n) is 12.5. The van der Waals surface area contributed by atoms with Crippen LogP contribution in [0.1, 0.15) is 31.4 Å². The first kappa shape index (κ1) is 15.8. The van der Waals surface area contributed by atoms with Gasteiger partial charge in [-0.3, -0.25) is 4.79 Å². The monoisotopic (exact) mass is 301 g/mol. The lowest BCUT2D eigenvalue weighted by Gasteiger charge is -2.21. The van der Waals surface area contributed by atoms with Crippen LogP contribution in [0, 0.1) is 11.3 Å². The van der Waals surface area contributed by atoms with E-state index in [1.54, 1.807) is 6.08 Å². The van der Waals surface area contributed by atoms with Crippen molar-refractivity contribution >= 4 is 18.0 Å². The first-order valence-corrected chi connectivity index (χ1v) is 7.23. The molecule has 1 aromatic rings. The lowest BCUT2D eigenvalue weighted by molar-refractivity contribution is -0.144. The van der Waals surface area contributed by atoms with E-state index >= 15 is 0 Å². The lowest BCUT2D eigenvalue weighted by Crippen LogP contribution is -2.46. The number of nitriles is 1. The van der Waals surface area contributed by atoms with Gasteiger partial charge in [-0.25, -0.2) is 4.79 Å². The second-order valence-electron chi connectivity index (χ2n) is 5.43. The summed E-state index contributed by atoms with van der Waals surface area (Å²) in [5, 5.41) is 11.8. The van der Waals surface area contributed by atoms with Gasteiger partial charge < -0.3 is 14.6 Å². The number of aromatic nitrogens is 1. The van der Waals surface area contributed by atoms with Crippen LogP contribution in [0.5, 0.6) is 0 Å². The van der Waals surface area contributed by atoms with E-state index < -0.39 is 17.4 Å². The Morgan fingerprint density at radius 2 is 2.23 bits per heavy atom. The molecule has 1 heterocycles. The molecule has 0 radical (unpaired) electrons. The highest BCUT2D eigenvalue weighted by molar-refractivity contribution is 5.89. The first-order chi connectivity index (χ1) is 10.5. The topological polar surface area (TPSA) is 84.1 Å². The molecule has 2 rings (SSSR count). The molecule has 0 aliphatic heterocycles. The lowest BCUT2D eigenvalue weighted by atomic mass is 10.00. The van der Waals surface area contributed by atoms with Crippen LogP contribution in [0.3, 0.4) is 0 Å². The van der Waals surface area contributed by atoms with Crippen molar-refractivity contribution in [2.24, 2.45) is 7.05 Å². The molecule has 0 aromatic carbocycles. The maximum Gasteiger partial charge on any atom is 0.331 e. The molecule has 0 bridgehead atoms. The van der Waals surface area contributed by atoms with E-state index in [4.69, 9.17) is 4.74 Å². The van der Waals surface area contributed by atoms with Crippen molar-refractivity contribution < 1.29 is 14.3 Å². The van der Waals surface area contributed by atoms with E-state index in [1.807, 2.05) is 29.9 Å². The summed E-state index contributed by atoms with van der Waals surface area (Å²) in [7, 11) is 1.86. The van der Waals surface area contributed by atoms with E-state index in [0.29, 0.717) is 12.8 Å². The number of carbonyl (C=O) groups is 2. The van der Waals surface area contributed by atoms with Gasteiger partial charge in [-0.05, 0) is 43.9 Å². The highest BCUT2D eigenvalue weighted by atomic mass is 16.5. The van der Waals surface area contributed by atoms with Crippen LogP contribution < -0.4 is 5.32 Å². The van der Waals surface area contributed by atoms with Gasteiger partial charge in [-0.2, -0.15) is 5.26 Å². The number of esters is 1. The Labute approximate surface area is 129 Å². The second kappa shape index (κ2) is 6.94. The molecule has 1 aromatic heterocycles. The number of hydrogen-bond donors (Lipinski definition) is 1. The summed E-state index contributed by atoms with van der Waals surface area (Å²) < 4.78 is 6.74. The van der Waals surface area contributed by atoms with Crippen molar-refractivity contribution in [3.05, 3.63) is 30.1 Å². The predicted molar refractivity (Wildman–Crippen MR) is 80.4 cm³/mol. The molecule has 6 nitrogen and oxygen atoms in total. The van der Waals surface area contributed by atoms with E-state index in [9.17, 15) is 14.9 Å². The number of nitrogens with zero attached hydrogens (tertiary/aromatic N) is 2. The quantitative estimate of drug-likeness (QED) is 0.660. The van der Waals surface area contributed by atoms with Gasteiger partial charge in [0.15, 0.2) is 6.61 Å². The smallest absolute Gasteiger partial charge is 0.331 e. The number of amides is 1. The van der Waals surface area contributed by atoms with Crippen LogP contribution in [0.25, 0.3) is 6.08 Å². The first-order valence-electron chi connectivity index (χ1n) is 7.23. The molecular formula is C16H19N3O3. The van der Waals surface area contributed by atoms with Crippen LogP contribution >= 0.6 is 0 Å². The summed E-state index contributed by atoms with van der Waals surface area (Å²) in [6, 6.07) is 5.87. The van der Waals surface area contributed by atoms with Gasteiger partial charge in [0.2, 0.25) is 0 Å². The number of nitrogens with one attached hydrogen (secondary N) is 1. The number of rotatable bonds is 5. The molecule has 1 aliphatic rings. The van der Waals surface area contributed by atoms with Gasteiger partial charge >= 0.3 is 5.97 Å². The molecule has 1 saturated carbocycles. The average Bonchev–Trinajstić information content (AvgIpc) is 3.13. The largest absolute Gasteiger partial charge is 0.452 e. The summed E-state index contributed by atoms with van der Waals surface area (Å²) in [6.45, 7) is -0.375. The molecule has 6 heteroatoms. The van der Waals surface area contributed by atoms with Crippen LogP contribution in [0.4, 0.5) is 0 Å². The fourth-order valence-electron chi connectivity index (χ4n) is 2.53. The molecule has 1 aliphatic carbocycles. The number of ether oxygens (including phenoxy) is 1. The highest BCUT2D eigenvalue weighted by Gasteiger charge is 2.35. The van der Waals surface area contributed by atoms with Crippen LogP contribution in [0.15, 0.2) is 24.4 Å². The minimum atomic E-state index is -0.789. The van der Waals surface area contributed by atoms with Crippen LogP contribution in [-0.2, 0) is 21.4 Å². The maximum absolute atomic E-state index is 11.8. The summed E-state index contributed by atoms with van der Waals surface area (Å²) in [5.74, 6) is -1.03. The third-order valence-electron chi connectivity index (χ3n) is 3.77. The van der Waals surface area contributed by atoms with Crippen molar-refractivity contribution in [3.8, 4) is 6.07 Å². The molecule has 22 heavy (non-hydrogen) atoms. The van der Waals surface area contributed by atoms with Crippen molar-refractivity contribution in [2.45, 2.75) is 31.2 Å². The van der Waals surface area contributed by atoms with Crippen molar-refractivity contribution in [3.63, 3.8) is 0 Å². The second-order valence-corrected chi connectivity index (χ2v) is 5.43. The van der Waals surface area contributed by atoms with Gasteiger partial charge in [0.25, 0.3) is 5.91 Å². The Balaban J connectivity index is 1.79. The maximum atomic E-state index is 11.8. The Kier molecular flexibility index (Phi) is 4.99. The van der Waals surface area contributed by atoms with E-state index in [-0.39, 0.29) is 6.61 Å². The fourth-order valence-corrected chi connectivity index (χ4v) is 2.53. The Hall–Kier alpha value is -2.55. The molecule has 0 atom stereocenters. The molecule has 0 spiro atoms.